The van der Waals surface area contributed by atoms with Gasteiger partial charge in [0.25, 0.3) is 0 Å². The van der Waals surface area contributed by atoms with Crippen molar-refractivity contribution in [2.75, 3.05) is 0 Å². The summed E-state index contributed by atoms with van der Waals surface area (Å²) in [6, 6.07) is 5.77. The van der Waals surface area contributed by atoms with Crippen LogP contribution in [0, 0.1) is 11.7 Å². The highest BCUT2D eigenvalue weighted by molar-refractivity contribution is 6.05. The number of ketones is 1. The smallest absolute Gasteiger partial charge is 0.355 e. The molecular weight excluding hydrogens is 287 g/mol. The molecule has 0 amide bonds. The van der Waals surface area contributed by atoms with Gasteiger partial charge >= 0.3 is 5.97 Å². The monoisotopic (exact) mass is 302 g/mol. The molecule has 0 saturated heterocycles. The fraction of sp³-hybridized carbons (Fsp3) is 0.250. The summed E-state index contributed by atoms with van der Waals surface area (Å²) in [7, 11) is 0. The predicted molar refractivity (Wildman–Crippen MR) is 77.4 cm³/mol. The summed E-state index contributed by atoms with van der Waals surface area (Å²) in [6.45, 7) is 3.36. The highest BCUT2D eigenvalue weighted by atomic mass is 19.1. The average Bonchev–Trinajstić information content (AvgIpc) is 2.48. The Balaban J connectivity index is 2.35. The highest BCUT2D eigenvalue weighted by Gasteiger charge is 2.21. The van der Waals surface area contributed by atoms with Crippen molar-refractivity contribution in [2.45, 2.75) is 20.3 Å². The summed E-state index contributed by atoms with van der Waals surface area (Å²) in [6.07, 6.45) is 1.51. The molecule has 1 heterocycles. The van der Waals surface area contributed by atoms with Crippen molar-refractivity contribution in [3.8, 4) is 0 Å². The van der Waals surface area contributed by atoms with E-state index < -0.39 is 5.97 Å². The number of rotatable bonds is 5. The van der Waals surface area contributed by atoms with Crippen molar-refractivity contribution in [3.63, 3.8) is 0 Å². The second-order valence-corrected chi connectivity index (χ2v) is 5.18. The van der Waals surface area contributed by atoms with E-state index in [4.69, 9.17) is 0 Å². The van der Waals surface area contributed by atoms with Gasteiger partial charge in [-0.25, -0.2) is 19.2 Å². The van der Waals surface area contributed by atoms with Crippen LogP contribution in [0.1, 0.15) is 46.1 Å². The summed E-state index contributed by atoms with van der Waals surface area (Å²) in [5.41, 5.74) is 0.455. The van der Waals surface area contributed by atoms with Gasteiger partial charge in [0.2, 0.25) is 0 Å². The zero-order chi connectivity index (χ0) is 16.3. The van der Waals surface area contributed by atoms with E-state index in [0.29, 0.717) is 0 Å². The molecule has 0 radical (unpaired) electrons. The lowest BCUT2D eigenvalue weighted by Crippen LogP contribution is -2.17. The zero-order valence-electron chi connectivity index (χ0n) is 12.2. The van der Waals surface area contributed by atoms with Crippen molar-refractivity contribution in [2.24, 2.45) is 5.92 Å². The number of halogens is 1. The molecular formula is C16H15FN2O3. The van der Waals surface area contributed by atoms with Gasteiger partial charge in [0.15, 0.2) is 11.5 Å². The number of aromatic carboxylic acids is 1. The quantitative estimate of drug-likeness (QED) is 0.859. The minimum Gasteiger partial charge on any atom is -0.476 e. The maximum atomic E-state index is 12.9. The molecule has 0 aliphatic heterocycles. The van der Waals surface area contributed by atoms with Gasteiger partial charge in [-0.05, 0) is 17.7 Å². The fourth-order valence-corrected chi connectivity index (χ4v) is 1.94. The zero-order valence-corrected chi connectivity index (χ0v) is 12.2. The van der Waals surface area contributed by atoms with Crippen LogP contribution in [0.3, 0.4) is 0 Å². The number of aromatic nitrogens is 2. The molecule has 0 atom stereocenters. The molecule has 0 aliphatic carbocycles. The molecule has 22 heavy (non-hydrogen) atoms. The summed E-state index contributed by atoms with van der Waals surface area (Å²) in [5, 5.41) is 9.23. The van der Waals surface area contributed by atoms with Gasteiger partial charge in [-0.1, -0.05) is 26.0 Å². The van der Waals surface area contributed by atoms with Gasteiger partial charge in [-0.15, -0.1) is 0 Å². The molecule has 2 rings (SSSR count). The molecule has 1 N–H and O–H groups in total. The number of carbonyl (C=O) groups excluding carboxylic acids is 1. The van der Waals surface area contributed by atoms with E-state index in [2.05, 4.69) is 9.97 Å². The Bertz CT molecular complexity index is 712. The molecule has 5 nitrogen and oxygen atoms in total. The highest BCUT2D eigenvalue weighted by Crippen LogP contribution is 2.14. The Hall–Kier alpha value is -2.63. The van der Waals surface area contributed by atoms with Crippen LogP contribution in [0.2, 0.25) is 0 Å². The summed E-state index contributed by atoms with van der Waals surface area (Å²) in [5.74, 6) is -2.01. The van der Waals surface area contributed by atoms with Gasteiger partial charge in [-0.3, -0.25) is 4.79 Å². The molecule has 0 fully saturated rings. The third-order valence-corrected chi connectivity index (χ3v) is 3.11. The van der Waals surface area contributed by atoms with Crippen LogP contribution in [0.5, 0.6) is 0 Å². The van der Waals surface area contributed by atoms with E-state index in [1.165, 1.54) is 18.3 Å². The first-order valence-electron chi connectivity index (χ1n) is 6.76. The molecule has 0 saturated carbocycles. The van der Waals surface area contributed by atoms with Crippen LogP contribution in [0.15, 0.2) is 30.5 Å². The SMILES string of the molecule is CC(C)C(=O)c1cnc(Cc2ccc(F)cc2)nc1C(=O)O. The van der Waals surface area contributed by atoms with Crippen molar-refractivity contribution in [3.05, 3.63) is 58.9 Å². The fourth-order valence-electron chi connectivity index (χ4n) is 1.94. The average molecular weight is 302 g/mol. The van der Waals surface area contributed by atoms with Crippen LogP contribution in [-0.4, -0.2) is 26.8 Å². The number of carboxylic acids is 1. The van der Waals surface area contributed by atoms with E-state index in [-0.39, 0.29) is 41.0 Å². The lowest BCUT2D eigenvalue weighted by molar-refractivity contribution is 0.0683. The lowest BCUT2D eigenvalue weighted by atomic mass is 10.0. The van der Waals surface area contributed by atoms with Crippen molar-refractivity contribution < 1.29 is 19.1 Å². The standard InChI is InChI=1S/C16H15FN2O3/c1-9(2)15(20)12-8-18-13(19-14(12)16(21)22)7-10-3-5-11(17)6-4-10/h3-6,8-9H,7H2,1-2H3,(H,21,22). The van der Waals surface area contributed by atoms with Gasteiger partial charge in [-0.2, -0.15) is 0 Å². The molecule has 0 bridgehead atoms. The number of hydrogen-bond donors (Lipinski definition) is 1. The molecule has 0 unspecified atom stereocenters. The number of carboxylic acid groups (broad SMARTS) is 1. The van der Waals surface area contributed by atoms with E-state index in [9.17, 15) is 19.1 Å². The summed E-state index contributed by atoms with van der Waals surface area (Å²) < 4.78 is 12.9. The molecule has 114 valence electrons. The minimum absolute atomic E-state index is 0.00496. The molecule has 1 aromatic heterocycles. The molecule has 2 aromatic rings. The molecule has 0 aliphatic rings. The van der Waals surface area contributed by atoms with Gasteiger partial charge in [0.1, 0.15) is 11.6 Å². The second kappa shape index (κ2) is 6.43. The number of hydrogen-bond acceptors (Lipinski definition) is 4. The first kappa shape index (κ1) is 15.8. The predicted octanol–water partition coefficient (Wildman–Crippen LogP) is 2.74. The lowest BCUT2D eigenvalue weighted by Gasteiger charge is -2.08. The maximum Gasteiger partial charge on any atom is 0.355 e. The maximum absolute atomic E-state index is 12.9. The number of carbonyl (C=O) groups is 2. The topological polar surface area (TPSA) is 80.2 Å². The summed E-state index contributed by atoms with van der Waals surface area (Å²) >= 11 is 0. The number of nitrogens with zero attached hydrogens (tertiary/aromatic N) is 2. The van der Waals surface area contributed by atoms with Crippen LogP contribution < -0.4 is 0 Å². The van der Waals surface area contributed by atoms with Crippen molar-refractivity contribution in [1.29, 1.82) is 0 Å². The first-order chi connectivity index (χ1) is 10.4. The molecule has 0 spiro atoms. The van der Waals surface area contributed by atoms with Crippen LogP contribution in [-0.2, 0) is 6.42 Å². The van der Waals surface area contributed by atoms with Crippen LogP contribution in [0.4, 0.5) is 4.39 Å². The van der Waals surface area contributed by atoms with Gasteiger partial charge < -0.3 is 5.11 Å². The second-order valence-electron chi connectivity index (χ2n) is 5.18. The Morgan fingerprint density at radius 1 is 1.23 bits per heavy atom. The van der Waals surface area contributed by atoms with E-state index in [1.54, 1.807) is 26.0 Å². The Kier molecular flexibility index (Phi) is 4.60. The van der Waals surface area contributed by atoms with Crippen LogP contribution in [0.25, 0.3) is 0 Å². The minimum atomic E-state index is -1.27. The Labute approximate surface area is 126 Å². The largest absolute Gasteiger partial charge is 0.476 e. The van der Waals surface area contributed by atoms with E-state index >= 15 is 0 Å². The van der Waals surface area contributed by atoms with Crippen molar-refractivity contribution in [1.82, 2.24) is 9.97 Å². The number of benzene rings is 1. The summed E-state index contributed by atoms with van der Waals surface area (Å²) in [4.78, 5) is 31.3. The third-order valence-electron chi connectivity index (χ3n) is 3.11. The van der Waals surface area contributed by atoms with Gasteiger partial charge in [0, 0.05) is 18.5 Å². The first-order valence-corrected chi connectivity index (χ1v) is 6.76. The van der Waals surface area contributed by atoms with Gasteiger partial charge in [0.05, 0.1) is 5.56 Å². The molecule has 6 heteroatoms. The Morgan fingerprint density at radius 2 is 1.86 bits per heavy atom. The van der Waals surface area contributed by atoms with Crippen LogP contribution >= 0.6 is 0 Å². The van der Waals surface area contributed by atoms with E-state index in [0.717, 1.165) is 5.56 Å². The Morgan fingerprint density at radius 3 is 2.41 bits per heavy atom. The van der Waals surface area contributed by atoms with E-state index in [1.807, 2.05) is 0 Å². The van der Waals surface area contributed by atoms with Crippen molar-refractivity contribution >= 4 is 11.8 Å². The number of Topliss-reactive ketones (excluding diaryl/α,β-unsaturated/α-hetero) is 1. The third kappa shape index (κ3) is 3.52. The molecule has 1 aromatic carbocycles. The normalized spacial score (nSPS) is 10.7.